The van der Waals surface area contributed by atoms with Crippen molar-refractivity contribution >= 4 is 27.2 Å². The van der Waals surface area contributed by atoms with Gasteiger partial charge in [0.25, 0.3) is 0 Å². The second-order valence-corrected chi connectivity index (χ2v) is 5.48. The van der Waals surface area contributed by atoms with E-state index in [9.17, 15) is 4.79 Å². The lowest BCUT2D eigenvalue weighted by Gasteiger charge is -2.00. The molecule has 3 rings (SSSR count). The molecule has 94 valence electrons. The van der Waals surface area contributed by atoms with Crippen molar-refractivity contribution in [3.05, 3.63) is 64.8 Å². The summed E-state index contributed by atoms with van der Waals surface area (Å²) < 4.78 is 1.16. The van der Waals surface area contributed by atoms with Gasteiger partial charge in [-0.15, -0.1) is 11.3 Å². The molecule has 19 heavy (non-hydrogen) atoms. The minimum atomic E-state index is 0.133. The van der Waals surface area contributed by atoms with Crippen LogP contribution in [0.1, 0.15) is 21.6 Å². The zero-order valence-corrected chi connectivity index (χ0v) is 11.4. The lowest BCUT2D eigenvalue weighted by Crippen LogP contribution is -2.04. The Kier molecular flexibility index (Phi) is 3.13. The van der Waals surface area contributed by atoms with E-state index < -0.39 is 0 Å². The van der Waals surface area contributed by atoms with Crippen LogP contribution in [0.5, 0.6) is 0 Å². The molecule has 0 bridgehead atoms. The highest BCUT2D eigenvalue weighted by Gasteiger charge is 2.12. The van der Waals surface area contributed by atoms with Crippen LogP contribution in [0.15, 0.2) is 48.0 Å². The molecule has 2 aromatic heterocycles. The van der Waals surface area contributed by atoms with Gasteiger partial charge in [0.05, 0.1) is 6.42 Å². The van der Waals surface area contributed by atoms with Crippen molar-refractivity contribution in [1.82, 2.24) is 4.98 Å². The predicted octanol–water partition coefficient (Wildman–Crippen LogP) is 4.03. The molecule has 0 fully saturated rings. The van der Waals surface area contributed by atoms with E-state index in [0.29, 0.717) is 6.42 Å². The number of aromatic nitrogens is 1. The molecule has 2 nitrogen and oxygen atoms in total. The van der Waals surface area contributed by atoms with Crippen LogP contribution in [-0.4, -0.2) is 10.8 Å². The van der Waals surface area contributed by atoms with Crippen molar-refractivity contribution in [3.63, 3.8) is 0 Å². The molecule has 0 aliphatic heterocycles. The highest BCUT2D eigenvalue weighted by molar-refractivity contribution is 7.17. The predicted molar refractivity (Wildman–Crippen MR) is 78.8 cm³/mol. The first-order valence-corrected chi connectivity index (χ1v) is 7.03. The average molecular weight is 267 g/mol. The van der Waals surface area contributed by atoms with E-state index in [2.05, 4.69) is 4.98 Å². The van der Waals surface area contributed by atoms with Crippen LogP contribution in [0.3, 0.4) is 0 Å². The van der Waals surface area contributed by atoms with Crippen LogP contribution in [0.2, 0.25) is 0 Å². The largest absolute Gasteiger partial charge is 0.294 e. The molecule has 0 aliphatic rings. The molecule has 3 aromatic rings. The monoisotopic (exact) mass is 267 g/mol. The molecular weight excluding hydrogens is 254 g/mol. The standard InChI is InChI=1S/C16H13NOS/c1-11-6-7-12(17-9-11)8-15(18)14-10-19-16-5-3-2-4-13(14)16/h2-7,9-10H,8H2,1H3. The van der Waals surface area contributed by atoms with E-state index in [1.165, 1.54) is 0 Å². The van der Waals surface area contributed by atoms with Gasteiger partial charge in [-0.25, -0.2) is 0 Å². The van der Waals surface area contributed by atoms with Crippen LogP contribution in [-0.2, 0) is 6.42 Å². The Morgan fingerprint density at radius 1 is 1.21 bits per heavy atom. The second kappa shape index (κ2) is 4.94. The summed E-state index contributed by atoms with van der Waals surface area (Å²) in [6.45, 7) is 1.99. The molecule has 0 radical (unpaired) electrons. The fraction of sp³-hybridized carbons (Fsp3) is 0.125. The molecule has 0 N–H and O–H groups in total. The third kappa shape index (κ3) is 2.42. The maximum absolute atomic E-state index is 12.3. The lowest BCUT2D eigenvalue weighted by molar-refractivity contribution is 0.0994. The first kappa shape index (κ1) is 12.1. The number of thiophene rings is 1. The number of pyridine rings is 1. The maximum atomic E-state index is 12.3. The van der Waals surface area contributed by atoms with E-state index in [0.717, 1.165) is 26.9 Å². The normalized spacial score (nSPS) is 10.8. The summed E-state index contributed by atoms with van der Waals surface area (Å²) in [4.78, 5) is 16.6. The number of hydrogen-bond donors (Lipinski definition) is 0. The fourth-order valence-electron chi connectivity index (χ4n) is 2.06. The molecule has 1 aromatic carbocycles. The Hall–Kier alpha value is -2.00. The molecule has 0 atom stereocenters. The Balaban J connectivity index is 1.90. The number of Topliss-reactive ketones (excluding diaryl/α,β-unsaturated/α-hetero) is 1. The third-order valence-corrected chi connectivity index (χ3v) is 4.06. The lowest BCUT2D eigenvalue weighted by atomic mass is 10.1. The number of fused-ring (bicyclic) bond motifs is 1. The smallest absolute Gasteiger partial charge is 0.170 e. The molecule has 0 saturated heterocycles. The maximum Gasteiger partial charge on any atom is 0.170 e. The van der Waals surface area contributed by atoms with Gasteiger partial charge in [-0.3, -0.25) is 9.78 Å². The Bertz CT molecular complexity index is 728. The Labute approximate surface area is 115 Å². The van der Waals surface area contributed by atoms with Gasteiger partial charge in [-0.1, -0.05) is 24.3 Å². The molecule has 0 aliphatic carbocycles. The van der Waals surface area contributed by atoms with Crippen molar-refractivity contribution in [2.75, 3.05) is 0 Å². The van der Waals surface area contributed by atoms with Crippen molar-refractivity contribution in [2.24, 2.45) is 0 Å². The Morgan fingerprint density at radius 2 is 2.05 bits per heavy atom. The molecular formula is C16H13NOS. The minimum absolute atomic E-state index is 0.133. The summed E-state index contributed by atoms with van der Waals surface area (Å²) in [6, 6.07) is 11.9. The van der Waals surface area contributed by atoms with E-state index in [-0.39, 0.29) is 5.78 Å². The van der Waals surface area contributed by atoms with Crippen molar-refractivity contribution in [2.45, 2.75) is 13.3 Å². The van der Waals surface area contributed by atoms with Gasteiger partial charge < -0.3 is 0 Å². The Morgan fingerprint density at radius 3 is 2.84 bits per heavy atom. The number of hydrogen-bond acceptors (Lipinski definition) is 3. The number of rotatable bonds is 3. The number of aryl methyl sites for hydroxylation is 1. The molecule has 0 amide bonds. The van der Waals surface area contributed by atoms with Crippen molar-refractivity contribution in [3.8, 4) is 0 Å². The molecule has 0 spiro atoms. The van der Waals surface area contributed by atoms with Gasteiger partial charge in [0, 0.05) is 32.9 Å². The van der Waals surface area contributed by atoms with E-state index in [4.69, 9.17) is 0 Å². The number of ketones is 1. The molecule has 3 heteroatoms. The number of benzene rings is 1. The fourth-order valence-corrected chi connectivity index (χ4v) is 3.02. The van der Waals surface area contributed by atoms with Gasteiger partial charge in [-0.05, 0) is 24.6 Å². The van der Waals surface area contributed by atoms with Crippen LogP contribution < -0.4 is 0 Å². The van der Waals surface area contributed by atoms with Crippen LogP contribution in [0.25, 0.3) is 10.1 Å². The zero-order chi connectivity index (χ0) is 13.2. The SMILES string of the molecule is Cc1ccc(CC(=O)c2csc3ccccc23)nc1. The number of nitrogens with zero attached hydrogens (tertiary/aromatic N) is 1. The first-order chi connectivity index (χ1) is 9.24. The van der Waals surface area contributed by atoms with Gasteiger partial charge in [0.1, 0.15) is 0 Å². The van der Waals surface area contributed by atoms with E-state index >= 15 is 0 Å². The van der Waals surface area contributed by atoms with Gasteiger partial charge in [0.15, 0.2) is 5.78 Å². The van der Waals surface area contributed by atoms with Crippen molar-refractivity contribution in [1.29, 1.82) is 0 Å². The topological polar surface area (TPSA) is 30.0 Å². The summed E-state index contributed by atoms with van der Waals surface area (Å²) in [6.07, 6.45) is 2.16. The average Bonchev–Trinajstić information content (AvgIpc) is 2.85. The van der Waals surface area contributed by atoms with Gasteiger partial charge in [-0.2, -0.15) is 0 Å². The minimum Gasteiger partial charge on any atom is -0.294 e. The van der Waals surface area contributed by atoms with Crippen LogP contribution in [0, 0.1) is 6.92 Å². The van der Waals surface area contributed by atoms with E-state index in [1.54, 1.807) is 17.5 Å². The highest BCUT2D eigenvalue weighted by atomic mass is 32.1. The second-order valence-electron chi connectivity index (χ2n) is 4.57. The molecule has 2 heterocycles. The summed E-state index contributed by atoms with van der Waals surface area (Å²) >= 11 is 1.61. The number of carbonyl (C=O) groups excluding carboxylic acids is 1. The zero-order valence-electron chi connectivity index (χ0n) is 10.6. The van der Waals surface area contributed by atoms with Crippen molar-refractivity contribution < 1.29 is 4.79 Å². The molecule has 0 saturated carbocycles. The summed E-state index contributed by atoms with van der Waals surface area (Å²) in [5.74, 6) is 0.133. The summed E-state index contributed by atoms with van der Waals surface area (Å²) in [5, 5.41) is 2.99. The highest BCUT2D eigenvalue weighted by Crippen LogP contribution is 2.26. The van der Waals surface area contributed by atoms with Gasteiger partial charge in [0.2, 0.25) is 0 Å². The quantitative estimate of drug-likeness (QED) is 0.671. The number of carbonyl (C=O) groups is 1. The first-order valence-electron chi connectivity index (χ1n) is 6.15. The van der Waals surface area contributed by atoms with Crippen LogP contribution in [0.4, 0.5) is 0 Å². The van der Waals surface area contributed by atoms with Crippen LogP contribution >= 0.6 is 11.3 Å². The van der Waals surface area contributed by atoms with E-state index in [1.807, 2.05) is 48.7 Å². The third-order valence-electron chi connectivity index (χ3n) is 3.10. The van der Waals surface area contributed by atoms with Gasteiger partial charge >= 0.3 is 0 Å². The summed E-state index contributed by atoms with van der Waals surface area (Å²) in [5.41, 5.74) is 2.74. The summed E-state index contributed by atoms with van der Waals surface area (Å²) in [7, 11) is 0. The molecule has 0 unspecified atom stereocenters.